The van der Waals surface area contributed by atoms with Crippen LogP contribution in [0.3, 0.4) is 0 Å². The molecule has 2 saturated heterocycles. The summed E-state index contributed by atoms with van der Waals surface area (Å²) in [5, 5.41) is 3.57. The second-order valence-electron chi connectivity index (χ2n) is 6.64. The summed E-state index contributed by atoms with van der Waals surface area (Å²) in [6, 6.07) is 6.54. The molecule has 0 unspecified atom stereocenters. The summed E-state index contributed by atoms with van der Waals surface area (Å²) in [6.07, 6.45) is 1.22. The first-order valence-corrected chi connectivity index (χ1v) is 11.1. The van der Waals surface area contributed by atoms with Crippen molar-refractivity contribution in [2.45, 2.75) is 18.6 Å². The predicted molar refractivity (Wildman–Crippen MR) is 107 cm³/mol. The third-order valence-electron chi connectivity index (χ3n) is 4.92. The number of ether oxygens (including phenoxy) is 2. The van der Waals surface area contributed by atoms with Crippen molar-refractivity contribution < 1.29 is 27.2 Å². The molecule has 1 aromatic carbocycles. The van der Waals surface area contributed by atoms with E-state index in [0.717, 1.165) is 4.47 Å². The number of nitrogens with zero attached hydrogens (tertiary/aromatic N) is 3. The average molecular weight is 487 g/mol. The Morgan fingerprint density at radius 1 is 1.34 bits per heavy atom. The lowest BCUT2D eigenvalue weighted by molar-refractivity contribution is -0.134. The Bertz CT molecular complexity index is 999. The lowest BCUT2D eigenvalue weighted by Gasteiger charge is -2.46. The number of hydrogen-bond donors (Lipinski definition) is 1. The van der Waals surface area contributed by atoms with E-state index in [2.05, 4.69) is 30.3 Å². The zero-order valence-electron chi connectivity index (χ0n) is 15.4. The zero-order chi connectivity index (χ0) is 20.6. The molecule has 3 heterocycles. The Balaban J connectivity index is 1.56. The molecule has 2 aliphatic rings. The minimum absolute atomic E-state index is 0.105. The van der Waals surface area contributed by atoms with E-state index in [1.165, 1.54) is 16.6 Å². The molecule has 1 aromatic heterocycles. The van der Waals surface area contributed by atoms with E-state index >= 15 is 0 Å². The topological polar surface area (TPSA) is 114 Å². The van der Waals surface area contributed by atoms with E-state index < -0.39 is 16.3 Å². The van der Waals surface area contributed by atoms with Crippen molar-refractivity contribution in [2.24, 2.45) is 0 Å². The van der Waals surface area contributed by atoms with Crippen molar-refractivity contribution in [3.63, 3.8) is 0 Å². The third-order valence-corrected chi connectivity index (χ3v) is 6.89. The van der Waals surface area contributed by atoms with Gasteiger partial charge in [0, 0.05) is 23.6 Å². The Hall–Kier alpha value is -2.15. The number of nitrogens with one attached hydrogen (secondary N) is 1. The Labute approximate surface area is 176 Å². The van der Waals surface area contributed by atoms with E-state index in [1.807, 2.05) is 6.07 Å². The van der Waals surface area contributed by atoms with E-state index in [-0.39, 0.29) is 37.5 Å². The van der Waals surface area contributed by atoms with Gasteiger partial charge in [0.15, 0.2) is 5.82 Å². The maximum atomic E-state index is 12.7. The molecule has 0 radical (unpaired) electrons. The second-order valence-corrected chi connectivity index (χ2v) is 9.22. The molecular weight excluding hydrogens is 468 g/mol. The molecular formula is C17H19BrN4O6S. The molecule has 2 aromatic rings. The lowest BCUT2D eigenvalue weighted by atomic mass is 9.98. The van der Waals surface area contributed by atoms with Gasteiger partial charge in [0.05, 0.1) is 24.9 Å². The van der Waals surface area contributed by atoms with Crippen LogP contribution < -0.4 is 14.4 Å². The van der Waals surface area contributed by atoms with Gasteiger partial charge in [-0.2, -0.15) is 12.7 Å². The molecule has 2 aliphatic heterocycles. The molecule has 1 amide bonds. The van der Waals surface area contributed by atoms with Gasteiger partial charge in [-0.1, -0.05) is 21.1 Å². The van der Waals surface area contributed by atoms with E-state index in [0.29, 0.717) is 17.9 Å². The molecule has 2 atom stereocenters. The number of methoxy groups -OCH3 is 1. The van der Waals surface area contributed by atoms with Crippen LogP contribution >= 0.6 is 15.9 Å². The number of halogens is 1. The maximum absolute atomic E-state index is 12.7. The number of hydrogen-bond acceptors (Lipinski definition) is 7. The van der Waals surface area contributed by atoms with Crippen LogP contribution in [-0.2, 0) is 19.7 Å². The number of anilines is 2. The first kappa shape index (κ1) is 20.1. The van der Waals surface area contributed by atoms with Crippen molar-refractivity contribution >= 4 is 43.6 Å². The van der Waals surface area contributed by atoms with Crippen LogP contribution in [0.4, 0.5) is 11.5 Å². The average Bonchev–Trinajstić information content (AvgIpc) is 3.20. The summed E-state index contributed by atoms with van der Waals surface area (Å²) >= 11 is 3.40. The molecule has 156 valence electrons. The molecule has 10 nitrogen and oxygen atoms in total. The SMILES string of the molecule is COc1cc(Br)ccc1N1C(=O)CO[C@H]2CN(S(=O)(=O)Nc3ccon3)CC[C@@H]21. The molecule has 0 saturated carbocycles. The number of morpholine rings is 1. The first-order chi connectivity index (χ1) is 13.9. The quantitative estimate of drug-likeness (QED) is 0.682. The van der Waals surface area contributed by atoms with Gasteiger partial charge in [0.2, 0.25) is 0 Å². The van der Waals surface area contributed by atoms with Gasteiger partial charge in [-0.05, 0) is 24.6 Å². The highest BCUT2D eigenvalue weighted by molar-refractivity contribution is 9.10. The predicted octanol–water partition coefficient (Wildman–Crippen LogP) is 1.61. The number of carbonyl (C=O) groups is 1. The van der Waals surface area contributed by atoms with Gasteiger partial charge in [0.1, 0.15) is 18.6 Å². The monoisotopic (exact) mass is 486 g/mol. The van der Waals surface area contributed by atoms with Crippen LogP contribution in [-0.4, -0.2) is 62.7 Å². The van der Waals surface area contributed by atoms with Crippen LogP contribution in [0.1, 0.15) is 6.42 Å². The summed E-state index contributed by atoms with van der Waals surface area (Å²) in [6.45, 7) is 0.200. The fourth-order valence-corrected chi connectivity index (χ4v) is 5.14. The minimum atomic E-state index is -3.82. The van der Waals surface area contributed by atoms with Crippen LogP contribution in [0.5, 0.6) is 5.75 Å². The van der Waals surface area contributed by atoms with Gasteiger partial charge in [-0.25, -0.2) is 0 Å². The fourth-order valence-electron chi connectivity index (χ4n) is 3.61. The van der Waals surface area contributed by atoms with Crippen molar-refractivity contribution in [1.29, 1.82) is 0 Å². The molecule has 1 N–H and O–H groups in total. The number of piperidine rings is 1. The summed E-state index contributed by atoms with van der Waals surface area (Å²) in [5.74, 6) is 0.466. The second kappa shape index (κ2) is 7.94. The summed E-state index contributed by atoms with van der Waals surface area (Å²) < 4.78 is 45.6. The number of benzene rings is 1. The summed E-state index contributed by atoms with van der Waals surface area (Å²) in [4.78, 5) is 14.3. The Morgan fingerprint density at radius 3 is 2.90 bits per heavy atom. The molecule has 0 bridgehead atoms. The first-order valence-electron chi connectivity index (χ1n) is 8.84. The van der Waals surface area contributed by atoms with Crippen LogP contribution in [0.2, 0.25) is 0 Å². The number of rotatable bonds is 5. The maximum Gasteiger partial charge on any atom is 0.302 e. The largest absolute Gasteiger partial charge is 0.495 e. The number of carbonyl (C=O) groups excluding carboxylic acids is 1. The van der Waals surface area contributed by atoms with Crippen LogP contribution in [0.25, 0.3) is 0 Å². The van der Waals surface area contributed by atoms with Gasteiger partial charge in [-0.15, -0.1) is 0 Å². The summed E-state index contributed by atoms with van der Waals surface area (Å²) in [5.41, 5.74) is 0.635. The van der Waals surface area contributed by atoms with Crippen LogP contribution in [0.15, 0.2) is 39.5 Å². The van der Waals surface area contributed by atoms with E-state index in [4.69, 9.17) is 9.47 Å². The normalized spacial score (nSPS) is 23.0. The Kier molecular flexibility index (Phi) is 5.51. The van der Waals surface area contributed by atoms with Gasteiger partial charge in [0.25, 0.3) is 5.91 Å². The van der Waals surface area contributed by atoms with Gasteiger partial charge < -0.3 is 18.9 Å². The number of amides is 1. The zero-order valence-corrected chi connectivity index (χ0v) is 17.8. The van der Waals surface area contributed by atoms with E-state index in [1.54, 1.807) is 24.1 Å². The highest BCUT2D eigenvalue weighted by atomic mass is 79.9. The standard InChI is InChI=1S/C17H19BrN4O6S/c1-26-14-8-11(18)2-3-12(14)22-13-4-6-21(9-15(13)27-10-17(22)23)29(24,25)20-16-5-7-28-19-16/h2-3,5,7-8,13,15H,4,6,9-10H2,1H3,(H,19,20)/t13-,15-/m0/s1. The lowest BCUT2D eigenvalue weighted by Crippen LogP contribution is -2.62. The van der Waals surface area contributed by atoms with Crippen LogP contribution in [0, 0.1) is 0 Å². The highest BCUT2D eigenvalue weighted by Crippen LogP contribution is 2.37. The minimum Gasteiger partial charge on any atom is -0.495 e. The molecule has 0 aliphatic carbocycles. The molecule has 2 fully saturated rings. The Morgan fingerprint density at radius 2 is 2.17 bits per heavy atom. The van der Waals surface area contributed by atoms with E-state index in [9.17, 15) is 13.2 Å². The number of fused-ring (bicyclic) bond motifs is 1. The highest BCUT2D eigenvalue weighted by Gasteiger charge is 2.44. The molecule has 4 rings (SSSR count). The van der Waals surface area contributed by atoms with Crippen molar-refractivity contribution in [3.05, 3.63) is 35.0 Å². The number of aromatic nitrogens is 1. The molecule has 29 heavy (non-hydrogen) atoms. The smallest absolute Gasteiger partial charge is 0.302 e. The molecule has 0 spiro atoms. The molecule has 12 heteroatoms. The van der Waals surface area contributed by atoms with Crippen molar-refractivity contribution in [2.75, 3.05) is 36.4 Å². The fraction of sp³-hybridized carbons (Fsp3) is 0.412. The van der Waals surface area contributed by atoms with Gasteiger partial charge >= 0.3 is 10.2 Å². The van der Waals surface area contributed by atoms with Gasteiger partial charge in [-0.3, -0.25) is 9.52 Å². The van der Waals surface area contributed by atoms with Crippen molar-refractivity contribution in [3.8, 4) is 5.75 Å². The summed E-state index contributed by atoms with van der Waals surface area (Å²) in [7, 11) is -2.28. The third kappa shape index (κ3) is 3.97. The van der Waals surface area contributed by atoms with Crippen molar-refractivity contribution in [1.82, 2.24) is 9.46 Å².